The van der Waals surface area contributed by atoms with Crippen molar-refractivity contribution in [3.8, 4) is 17.1 Å². The van der Waals surface area contributed by atoms with Crippen LogP contribution in [-0.4, -0.2) is 18.9 Å². The summed E-state index contributed by atoms with van der Waals surface area (Å²) < 4.78 is 16.1. The predicted octanol–water partition coefficient (Wildman–Crippen LogP) is 6.36. The van der Waals surface area contributed by atoms with Gasteiger partial charge in [0.1, 0.15) is 11.5 Å². The molecule has 4 aromatic rings. The topological polar surface area (TPSA) is 93.7 Å². The Hall–Kier alpha value is -3.68. The molecule has 0 radical (unpaired) electrons. The van der Waals surface area contributed by atoms with E-state index < -0.39 is 11.8 Å². The maximum Gasteiger partial charge on any atom is 0.291 e. The Morgan fingerprint density at radius 1 is 0.906 bits per heavy atom. The van der Waals surface area contributed by atoms with E-state index in [1.54, 1.807) is 54.6 Å². The SMILES string of the molecule is COc1ccc(NC(=O)c2ccco2)cc1NC(=O)c1ccc(-c2cc(Cl)ccc2Cl)o1. The Balaban J connectivity index is 1.54. The van der Waals surface area contributed by atoms with E-state index in [1.165, 1.54) is 19.4 Å². The molecule has 0 fully saturated rings. The van der Waals surface area contributed by atoms with Crippen LogP contribution in [0.2, 0.25) is 10.0 Å². The van der Waals surface area contributed by atoms with Gasteiger partial charge in [0.05, 0.1) is 24.1 Å². The van der Waals surface area contributed by atoms with Crippen molar-refractivity contribution in [3.05, 3.63) is 88.5 Å². The number of nitrogens with one attached hydrogen (secondary N) is 2. The van der Waals surface area contributed by atoms with Gasteiger partial charge < -0.3 is 24.2 Å². The first-order valence-corrected chi connectivity index (χ1v) is 10.1. The molecule has 0 aliphatic rings. The molecule has 0 saturated carbocycles. The summed E-state index contributed by atoms with van der Waals surface area (Å²) in [6.45, 7) is 0. The first kappa shape index (κ1) is 21.5. The maximum absolute atomic E-state index is 12.8. The highest BCUT2D eigenvalue weighted by atomic mass is 35.5. The van der Waals surface area contributed by atoms with Gasteiger partial charge in [0.25, 0.3) is 11.8 Å². The molecule has 2 aromatic carbocycles. The van der Waals surface area contributed by atoms with Crippen molar-refractivity contribution < 1.29 is 23.2 Å². The van der Waals surface area contributed by atoms with E-state index in [9.17, 15) is 9.59 Å². The average molecular weight is 471 g/mol. The quantitative estimate of drug-likeness (QED) is 0.341. The van der Waals surface area contributed by atoms with Crippen molar-refractivity contribution >= 4 is 46.4 Å². The van der Waals surface area contributed by atoms with Crippen LogP contribution in [0.4, 0.5) is 11.4 Å². The standard InChI is InChI=1S/C23H16Cl2N2O5/c1-30-19-7-5-14(26-22(28)20-3-2-10-31-20)12-17(19)27-23(29)21-9-8-18(32-21)15-11-13(24)4-6-16(15)25/h2-12H,1H3,(H,26,28)(H,27,29). The summed E-state index contributed by atoms with van der Waals surface area (Å²) >= 11 is 12.2. The third kappa shape index (κ3) is 4.64. The fourth-order valence-electron chi connectivity index (χ4n) is 2.96. The van der Waals surface area contributed by atoms with Crippen LogP contribution in [0.25, 0.3) is 11.3 Å². The molecule has 2 heterocycles. The lowest BCUT2D eigenvalue weighted by atomic mass is 10.2. The molecule has 0 aliphatic heterocycles. The second-order valence-electron chi connectivity index (χ2n) is 6.59. The third-order valence-electron chi connectivity index (χ3n) is 4.47. The number of methoxy groups -OCH3 is 1. The van der Waals surface area contributed by atoms with Crippen molar-refractivity contribution in [2.75, 3.05) is 17.7 Å². The molecule has 0 aliphatic carbocycles. The van der Waals surface area contributed by atoms with Crippen molar-refractivity contribution in [1.82, 2.24) is 0 Å². The Morgan fingerprint density at radius 3 is 2.47 bits per heavy atom. The number of rotatable bonds is 6. The minimum absolute atomic E-state index is 0.0584. The first-order valence-electron chi connectivity index (χ1n) is 9.34. The highest BCUT2D eigenvalue weighted by Gasteiger charge is 2.17. The van der Waals surface area contributed by atoms with Crippen molar-refractivity contribution in [2.24, 2.45) is 0 Å². The summed E-state index contributed by atoms with van der Waals surface area (Å²) in [6, 6.07) is 16.1. The number of hydrogen-bond acceptors (Lipinski definition) is 5. The summed E-state index contributed by atoms with van der Waals surface area (Å²) in [4.78, 5) is 25.0. The Bertz CT molecular complexity index is 1280. The monoisotopic (exact) mass is 470 g/mol. The molecule has 4 rings (SSSR count). The van der Waals surface area contributed by atoms with Gasteiger partial charge in [0.2, 0.25) is 0 Å². The van der Waals surface area contributed by atoms with E-state index in [0.717, 1.165) is 0 Å². The number of furan rings is 2. The van der Waals surface area contributed by atoms with Crippen molar-refractivity contribution in [2.45, 2.75) is 0 Å². The zero-order chi connectivity index (χ0) is 22.7. The highest BCUT2D eigenvalue weighted by Crippen LogP contribution is 2.33. The second kappa shape index (κ2) is 9.21. The second-order valence-corrected chi connectivity index (χ2v) is 7.43. The zero-order valence-electron chi connectivity index (χ0n) is 16.6. The molecular weight excluding hydrogens is 455 g/mol. The van der Waals surface area contributed by atoms with Crippen LogP contribution in [-0.2, 0) is 0 Å². The maximum atomic E-state index is 12.8. The fourth-order valence-corrected chi connectivity index (χ4v) is 3.34. The molecule has 2 amide bonds. The molecule has 0 atom stereocenters. The lowest BCUT2D eigenvalue weighted by molar-refractivity contribution is 0.0990. The van der Waals surface area contributed by atoms with Gasteiger partial charge in [-0.2, -0.15) is 0 Å². The highest BCUT2D eigenvalue weighted by molar-refractivity contribution is 6.35. The summed E-state index contributed by atoms with van der Waals surface area (Å²) in [7, 11) is 1.47. The number of halogens is 2. The minimum atomic E-state index is -0.512. The summed E-state index contributed by atoms with van der Waals surface area (Å²) in [6.07, 6.45) is 1.41. The van der Waals surface area contributed by atoms with Crippen LogP contribution in [0.15, 0.2) is 75.8 Å². The van der Waals surface area contributed by atoms with Gasteiger partial charge in [-0.1, -0.05) is 23.2 Å². The van der Waals surface area contributed by atoms with Gasteiger partial charge in [0, 0.05) is 16.3 Å². The largest absolute Gasteiger partial charge is 0.495 e. The predicted molar refractivity (Wildman–Crippen MR) is 122 cm³/mol. The van der Waals surface area contributed by atoms with Crippen molar-refractivity contribution in [3.63, 3.8) is 0 Å². The zero-order valence-corrected chi connectivity index (χ0v) is 18.2. The number of ether oxygens (including phenoxy) is 1. The lowest BCUT2D eigenvalue weighted by Gasteiger charge is -2.12. The van der Waals surface area contributed by atoms with Crippen LogP contribution in [0.5, 0.6) is 5.75 Å². The van der Waals surface area contributed by atoms with Gasteiger partial charge in [-0.05, 0) is 60.7 Å². The molecule has 0 unspecified atom stereocenters. The van der Waals surface area contributed by atoms with E-state index in [1.807, 2.05) is 0 Å². The summed E-state index contributed by atoms with van der Waals surface area (Å²) in [5.41, 5.74) is 1.35. The first-order chi connectivity index (χ1) is 15.4. The van der Waals surface area contributed by atoms with Crippen molar-refractivity contribution in [1.29, 1.82) is 0 Å². The smallest absolute Gasteiger partial charge is 0.291 e. The molecule has 2 N–H and O–H groups in total. The number of benzene rings is 2. The Kier molecular flexibility index (Phi) is 6.20. The van der Waals surface area contributed by atoms with E-state index in [-0.39, 0.29) is 11.5 Å². The van der Waals surface area contributed by atoms with Crippen LogP contribution in [0, 0.1) is 0 Å². The van der Waals surface area contributed by atoms with Gasteiger partial charge >= 0.3 is 0 Å². The molecule has 2 aromatic heterocycles. The summed E-state index contributed by atoms with van der Waals surface area (Å²) in [5, 5.41) is 6.35. The molecule has 0 bridgehead atoms. The van der Waals surface area contributed by atoms with Gasteiger partial charge in [0.15, 0.2) is 11.5 Å². The Labute approximate surface area is 192 Å². The lowest BCUT2D eigenvalue weighted by Crippen LogP contribution is -2.14. The third-order valence-corrected chi connectivity index (χ3v) is 5.04. The van der Waals surface area contributed by atoms with Gasteiger partial charge in [-0.3, -0.25) is 9.59 Å². The number of amides is 2. The van der Waals surface area contributed by atoms with Gasteiger partial charge in [-0.25, -0.2) is 0 Å². The number of carbonyl (C=O) groups excluding carboxylic acids is 2. The number of carbonyl (C=O) groups is 2. The van der Waals surface area contributed by atoms with Crippen LogP contribution < -0.4 is 15.4 Å². The Morgan fingerprint density at radius 2 is 1.72 bits per heavy atom. The van der Waals surface area contributed by atoms with E-state index in [0.29, 0.717) is 38.5 Å². The van der Waals surface area contributed by atoms with E-state index in [4.69, 9.17) is 36.8 Å². The number of anilines is 2. The van der Waals surface area contributed by atoms with E-state index >= 15 is 0 Å². The normalized spacial score (nSPS) is 10.6. The molecule has 7 nitrogen and oxygen atoms in total. The number of hydrogen-bond donors (Lipinski definition) is 2. The van der Waals surface area contributed by atoms with Crippen LogP contribution in [0.1, 0.15) is 21.1 Å². The molecule has 162 valence electrons. The van der Waals surface area contributed by atoms with E-state index in [2.05, 4.69) is 10.6 Å². The summed E-state index contributed by atoms with van der Waals surface area (Å²) in [5.74, 6) is 0.0825. The van der Waals surface area contributed by atoms with Crippen LogP contribution >= 0.6 is 23.2 Å². The minimum Gasteiger partial charge on any atom is -0.495 e. The fraction of sp³-hybridized carbons (Fsp3) is 0.0435. The molecular formula is C23H16Cl2N2O5. The molecule has 0 spiro atoms. The van der Waals surface area contributed by atoms with Crippen LogP contribution in [0.3, 0.4) is 0 Å². The molecule has 32 heavy (non-hydrogen) atoms. The molecule has 0 saturated heterocycles. The molecule has 9 heteroatoms. The average Bonchev–Trinajstić information content (AvgIpc) is 3.48. The van der Waals surface area contributed by atoms with Gasteiger partial charge in [-0.15, -0.1) is 0 Å².